The Labute approximate surface area is 213 Å². The monoisotopic (exact) mass is 526 g/mol. The number of hydrogen-bond acceptors (Lipinski definition) is 5. The Bertz CT molecular complexity index is 1060. The number of nitrogens with zero attached hydrogens (tertiary/aromatic N) is 1. The zero-order valence-electron chi connectivity index (χ0n) is 21.2. The highest BCUT2D eigenvalue weighted by Gasteiger charge is 2.48. The van der Waals surface area contributed by atoms with E-state index in [1.807, 2.05) is 38.1 Å². The Morgan fingerprint density at radius 1 is 1.27 bits per heavy atom. The molecule has 3 aliphatic rings. The van der Waals surface area contributed by atoms with Gasteiger partial charge in [-0.25, -0.2) is 4.79 Å². The van der Waals surface area contributed by atoms with E-state index in [2.05, 4.69) is 24.5 Å². The van der Waals surface area contributed by atoms with Crippen LogP contribution in [0.4, 0.5) is 13.2 Å². The lowest BCUT2D eigenvalue weighted by Gasteiger charge is -2.40. The van der Waals surface area contributed by atoms with Crippen molar-refractivity contribution in [2.75, 3.05) is 6.54 Å². The van der Waals surface area contributed by atoms with Crippen LogP contribution in [0.2, 0.25) is 0 Å². The summed E-state index contributed by atoms with van der Waals surface area (Å²) in [6, 6.07) is 7.82. The molecule has 37 heavy (non-hydrogen) atoms. The van der Waals surface area contributed by atoms with E-state index in [0.717, 1.165) is 30.6 Å². The van der Waals surface area contributed by atoms with Gasteiger partial charge in [0.15, 0.2) is 5.96 Å². The van der Waals surface area contributed by atoms with Crippen molar-refractivity contribution in [3.05, 3.63) is 29.8 Å². The first-order valence-corrected chi connectivity index (χ1v) is 12.1. The first-order valence-electron chi connectivity index (χ1n) is 12.1. The molecule has 0 radical (unpaired) electrons. The van der Waals surface area contributed by atoms with Crippen LogP contribution in [0.15, 0.2) is 24.3 Å². The van der Waals surface area contributed by atoms with E-state index in [9.17, 15) is 22.8 Å². The Morgan fingerprint density at radius 3 is 2.46 bits per heavy atom. The molecule has 2 heterocycles. The molecule has 12 heteroatoms. The van der Waals surface area contributed by atoms with Crippen LogP contribution in [0.5, 0.6) is 5.75 Å². The summed E-state index contributed by atoms with van der Waals surface area (Å²) in [6.45, 7) is 8.45. The molecule has 2 unspecified atom stereocenters. The van der Waals surface area contributed by atoms with Crippen molar-refractivity contribution in [1.29, 1.82) is 5.41 Å². The first-order chi connectivity index (χ1) is 17.0. The van der Waals surface area contributed by atoms with Crippen molar-refractivity contribution < 1.29 is 37.4 Å². The Hall–Kier alpha value is -3.31. The van der Waals surface area contributed by atoms with E-state index in [4.69, 9.17) is 20.0 Å². The normalized spacial score (nSPS) is 28.1. The van der Waals surface area contributed by atoms with Crippen molar-refractivity contribution in [3.8, 4) is 5.75 Å². The van der Waals surface area contributed by atoms with Crippen molar-refractivity contribution in [3.63, 3.8) is 0 Å². The molecular formula is C25H33F3N4O5. The number of guanidine groups is 1. The van der Waals surface area contributed by atoms with Crippen LogP contribution in [0.3, 0.4) is 0 Å². The number of halogens is 3. The third-order valence-corrected chi connectivity index (χ3v) is 6.89. The molecule has 4 rings (SSSR count). The van der Waals surface area contributed by atoms with Crippen molar-refractivity contribution in [2.24, 2.45) is 11.8 Å². The SMILES string of the molecule is CCC1(C)CC(NC(=O)[C@@H]2C[C@H]2CN2C(=N)NC(C)(C)CC2=O)c2ccccc2O1.O=C(O)C(F)(F)F. The molecule has 1 aromatic carbocycles. The second-order valence-corrected chi connectivity index (χ2v) is 10.7. The van der Waals surface area contributed by atoms with E-state index >= 15 is 0 Å². The summed E-state index contributed by atoms with van der Waals surface area (Å²) in [7, 11) is 0. The highest BCUT2D eigenvalue weighted by Crippen LogP contribution is 2.44. The molecule has 2 amide bonds. The van der Waals surface area contributed by atoms with Gasteiger partial charge in [-0.3, -0.25) is 19.9 Å². The third-order valence-electron chi connectivity index (χ3n) is 6.89. The van der Waals surface area contributed by atoms with Crippen LogP contribution >= 0.6 is 0 Å². The van der Waals surface area contributed by atoms with Gasteiger partial charge in [0.25, 0.3) is 0 Å². The first kappa shape index (κ1) is 28.3. The number of nitrogens with one attached hydrogen (secondary N) is 3. The zero-order valence-corrected chi connectivity index (χ0v) is 21.2. The molecule has 1 aliphatic carbocycles. The minimum absolute atomic E-state index is 0.0319. The quantitative estimate of drug-likeness (QED) is 0.464. The predicted octanol–water partition coefficient (Wildman–Crippen LogP) is 3.60. The summed E-state index contributed by atoms with van der Waals surface area (Å²) in [4.78, 5) is 35.8. The van der Waals surface area contributed by atoms with Gasteiger partial charge < -0.3 is 20.5 Å². The topological polar surface area (TPSA) is 132 Å². The number of aliphatic carboxylic acids is 1. The largest absolute Gasteiger partial charge is 0.490 e. The fourth-order valence-corrected chi connectivity index (χ4v) is 4.56. The molecule has 4 atom stereocenters. The number of carboxylic acids is 1. The molecule has 0 bridgehead atoms. The smallest absolute Gasteiger partial charge is 0.487 e. The molecule has 1 aromatic rings. The van der Waals surface area contributed by atoms with Gasteiger partial charge in [-0.2, -0.15) is 13.2 Å². The third kappa shape index (κ3) is 6.92. The number of rotatable bonds is 5. The van der Waals surface area contributed by atoms with Crippen LogP contribution in [-0.4, -0.2) is 57.6 Å². The van der Waals surface area contributed by atoms with Gasteiger partial charge in [-0.1, -0.05) is 25.1 Å². The second-order valence-electron chi connectivity index (χ2n) is 10.7. The van der Waals surface area contributed by atoms with Gasteiger partial charge in [0.1, 0.15) is 11.4 Å². The number of ether oxygens (including phenoxy) is 1. The van der Waals surface area contributed by atoms with Gasteiger partial charge in [-0.15, -0.1) is 0 Å². The van der Waals surface area contributed by atoms with E-state index in [-0.39, 0.29) is 41.3 Å². The summed E-state index contributed by atoms with van der Waals surface area (Å²) in [5.41, 5.74) is 0.324. The average molecular weight is 527 g/mol. The number of hydrogen-bond donors (Lipinski definition) is 4. The second kappa shape index (κ2) is 10.2. The van der Waals surface area contributed by atoms with Crippen LogP contribution in [0.1, 0.15) is 65.0 Å². The van der Waals surface area contributed by atoms with Crippen molar-refractivity contribution >= 4 is 23.7 Å². The number of amides is 2. The lowest BCUT2D eigenvalue weighted by molar-refractivity contribution is -0.192. The summed E-state index contributed by atoms with van der Waals surface area (Å²) < 4.78 is 37.9. The summed E-state index contributed by atoms with van der Waals surface area (Å²) in [6.07, 6.45) is -2.38. The number of carbonyl (C=O) groups excluding carboxylic acids is 2. The number of carboxylic acid groups (broad SMARTS) is 1. The van der Waals surface area contributed by atoms with Gasteiger partial charge in [0.05, 0.1) is 6.04 Å². The standard InChI is InChI=1S/C23H32N4O3.C2HF3O2/c1-5-23(4)11-17(15-8-6-7-9-18(15)30-23)25-20(29)16-10-14(16)13-27-19(28)12-22(2,3)26-21(27)24;3-2(4,5)1(6)7/h6-9,14,16-17H,5,10-13H2,1-4H3,(H2,24,26)(H,25,29);(H,6,7)/t14-,16+,17?,23?;/m0./s1. The highest BCUT2D eigenvalue weighted by molar-refractivity contribution is 5.99. The van der Waals surface area contributed by atoms with E-state index in [1.54, 1.807) is 0 Å². The Morgan fingerprint density at radius 2 is 1.89 bits per heavy atom. The zero-order chi connectivity index (χ0) is 27.8. The Balaban J connectivity index is 0.000000479. The number of fused-ring (bicyclic) bond motifs is 1. The van der Waals surface area contributed by atoms with Gasteiger partial charge >= 0.3 is 12.1 Å². The minimum atomic E-state index is -5.08. The molecule has 4 N–H and O–H groups in total. The van der Waals surface area contributed by atoms with Crippen molar-refractivity contribution in [2.45, 2.75) is 76.7 Å². The lowest BCUT2D eigenvalue weighted by Crippen LogP contribution is -2.60. The number of alkyl halides is 3. The molecule has 1 saturated carbocycles. The predicted molar refractivity (Wildman–Crippen MR) is 128 cm³/mol. The molecule has 1 saturated heterocycles. The molecule has 2 fully saturated rings. The summed E-state index contributed by atoms with van der Waals surface area (Å²) >= 11 is 0. The maximum Gasteiger partial charge on any atom is 0.490 e. The van der Waals surface area contributed by atoms with Crippen LogP contribution in [0.25, 0.3) is 0 Å². The summed E-state index contributed by atoms with van der Waals surface area (Å²) in [5, 5.41) is 21.6. The van der Waals surface area contributed by atoms with Crippen LogP contribution in [0, 0.1) is 17.2 Å². The minimum Gasteiger partial charge on any atom is -0.487 e. The van der Waals surface area contributed by atoms with E-state index in [0.29, 0.717) is 13.0 Å². The van der Waals surface area contributed by atoms with E-state index < -0.39 is 17.7 Å². The fourth-order valence-electron chi connectivity index (χ4n) is 4.56. The van der Waals surface area contributed by atoms with Gasteiger partial charge in [0, 0.05) is 36.4 Å². The average Bonchev–Trinajstić information content (AvgIpc) is 3.55. The lowest BCUT2D eigenvalue weighted by atomic mass is 9.86. The molecule has 0 spiro atoms. The van der Waals surface area contributed by atoms with Crippen LogP contribution < -0.4 is 15.4 Å². The number of carbonyl (C=O) groups is 3. The van der Waals surface area contributed by atoms with E-state index in [1.165, 1.54) is 4.90 Å². The Kier molecular flexibility index (Phi) is 7.80. The fraction of sp³-hybridized carbons (Fsp3) is 0.600. The van der Waals surface area contributed by atoms with Crippen molar-refractivity contribution in [1.82, 2.24) is 15.5 Å². The molecular weight excluding hydrogens is 493 g/mol. The molecule has 9 nitrogen and oxygen atoms in total. The maximum atomic E-state index is 13.0. The summed E-state index contributed by atoms with van der Waals surface area (Å²) in [5.74, 6) is -1.80. The highest BCUT2D eigenvalue weighted by atomic mass is 19.4. The molecule has 204 valence electrons. The van der Waals surface area contributed by atoms with Gasteiger partial charge in [0.2, 0.25) is 11.8 Å². The number of para-hydroxylation sites is 1. The molecule has 0 aromatic heterocycles. The number of benzene rings is 1. The maximum absolute atomic E-state index is 13.0. The molecule has 2 aliphatic heterocycles. The van der Waals surface area contributed by atoms with Gasteiger partial charge in [-0.05, 0) is 45.6 Å². The van der Waals surface area contributed by atoms with Crippen LogP contribution in [-0.2, 0) is 14.4 Å².